The van der Waals surface area contributed by atoms with Gasteiger partial charge in [-0.1, -0.05) is 18.2 Å². The molecule has 1 heterocycles. The molecule has 0 aliphatic carbocycles. The van der Waals surface area contributed by atoms with E-state index in [0.29, 0.717) is 0 Å². The summed E-state index contributed by atoms with van der Waals surface area (Å²) < 4.78 is 0. The van der Waals surface area contributed by atoms with Crippen molar-refractivity contribution < 1.29 is 9.90 Å². The molecule has 90 valence electrons. The van der Waals surface area contributed by atoms with Gasteiger partial charge in [-0.2, -0.15) is 0 Å². The van der Waals surface area contributed by atoms with Crippen molar-refractivity contribution in [2.75, 3.05) is 5.32 Å². The molecule has 0 aromatic heterocycles. The standard InChI is InChI=1S/C15H13NO2/c1-9-13-8-11(4-7-14(13)16-15(9)18)10-2-5-12(17)6-3-10/h2-9,17H,1H3,(H,16,18). The number of hydrogen-bond donors (Lipinski definition) is 2. The zero-order chi connectivity index (χ0) is 12.7. The Hall–Kier alpha value is -2.29. The molecule has 1 unspecified atom stereocenters. The van der Waals surface area contributed by atoms with Crippen LogP contribution in [0.25, 0.3) is 11.1 Å². The molecule has 0 bridgehead atoms. The van der Waals surface area contributed by atoms with E-state index in [-0.39, 0.29) is 17.6 Å². The van der Waals surface area contributed by atoms with Gasteiger partial charge in [0.15, 0.2) is 0 Å². The van der Waals surface area contributed by atoms with Crippen molar-refractivity contribution in [1.82, 2.24) is 0 Å². The molecule has 1 atom stereocenters. The van der Waals surface area contributed by atoms with Crippen LogP contribution in [0.2, 0.25) is 0 Å². The minimum Gasteiger partial charge on any atom is -0.508 e. The highest BCUT2D eigenvalue weighted by atomic mass is 16.3. The van der Waals surface area contributed by atoms with Crippen LogP contribution in [-0.4, -0.2) is 11.0 Å². The molecule has 2 aromatic carbocycles. The van der Waals surface area contributed by atoms with Crippen LogP contribution in [0.5, 0.6) is 5.75 Å². The first-order valence-electron chi connectivity index (χ1n) is 5.89. The Bertz CT molecular complexity index is 617. The Kier molecular flexibility index (Phi) is 2.33. The van der Waals surface area contributed by atoms with Gasteiger partial charge in [-0.3, -0.25) is 4.79 Å². The smallest absolute Gasteiger partial charge is 0.231 e. The normalized spacial score (nSPS) is 17.4. The molecule has 1 aliphatic rings. The lowest BCUT2D eigenvalue weighted by Crippen LogP contribution is -2.08. The molecule has 0 saturated carbocycles. The van der Waals surface area contributed by atoms with Gasteiger partial charge in [0.1, 0.15) is 5.75 Å². The third-order valence-electron chi connectivity index (χ3n) is 3.37. The summed E-state index contributed by atoms with van der Waals surface area (Å²) in [4.78, 5) is 11.6. The molecule has 3 rings (SSSR count). The fraction of sp³-hybridized carbons (Fsp3) is 0.133. The van der Waals surface area contributed by atoms with E-state index in [1.54, 1.807) is 12.1 Å². The van der Waals surface area contributed by atoms with E-state index in [4.69, 9.17) is 0 Å². The summed E-state index contributed by atoms with van der Waals surface area (Å²) in [6.45, 7) is 1.90. The summed E-state index contributed by atoms with van der Waals surface area (Å²) in [5, 5.41) is 12.1. The number of nitrogens with one attached hydrogen (secondary N) is 1. The van der Waals surface area contributed by atoms with Gasteiger partial charge < -0.3 is 10.4 Å². The van der Waals surface area contributed by atoms with Crippen LogP contribution in [0.1, 0.15) is 18.4 Å². The summed E-state index contributed by atoms with van der Waals surface area (Å²) in [6.07, 6.45) is 0. The average Bonchev–Trinajstić information content (AvgIpc) is 2.66. The molecule has 0 fully saturated rings. The molecule has 0 saturated heterocycles. The van der Waals surface area contributed by atoms with Gasteiger partial charge in [0.05, 0.1) is 5.92 Å². The van der Waals surface area contributed by atoms with Crippen molar-refractivity contribution in [2.24, 2.45) is 0 Å². The summed E-state index contributed by atoms with van der Waals surface area (Å²) in [5.41, 5.74) is 4.01. The number of carbonyl (C=O) groups is 1. The molecular formula is C15H13NO2. The van der Waals surface area contributed by atoms with Crippen LogP contribution < -0.4 is 5.32 Å². The monoisotopic (exact) mass is 239 g/mol. The number of fused-ring (bicyclic) bond motifs is 1. The molecule has 1 amide bonds. The van der Waals surface area contributed by atoms with Gasteiger partial charge in [-0.25, -0.2) is 0 Å². The predicted octanol–water partition coefficient (Wildman–Crippen LogP) is 3.11. The maximum Gasteiger partial charge on any atom is 0.231 e. The van der Waals surface area contributed by atoms with Gasteiger partial charge in [-0.15, -0.1) is 0 Å². The number of anilines is 1. The highest BCUT2D eigenvalue weighted by Crippen LogP contribution is 2.35. The number of hydrogen-bond acceptors (Lipinski definition) is 2. The minimum atomic E-state index is -0.0999. The van der Waals surface area contributed by atoms with Crippen LogP contribution in [0.15, 0.2) is 42.5 Å². The van der Waals surface area contributed by atoms with Crippen LogP contribution >= 0.6 is 0 Å². The van der Waals surface area contributed by atoms with Crippen molar-refractivity contribution in [3.63, 3.8) is 0 Å². The highest BCUT2D eigenvalue weighted by molar-refractivity contribution is 6.03. The number of benzene rings is 2. The average molecular weight is 239 g/mol. The molecule has 18 heavy (non-hydrogen) atoms. The van der Waals surface area contributed by atoms with Gasteiger partial charge in [-0.05, 0) is 47.9 Å². The fourth-order valence-electron chi connectivity index (χ4n) is 2.25. The number of amides is 1. The first-order chi connectivity index (χ1) is 8.65. The number of aromatic hydroxyl groups is 1. The Morgan fingerprint density at radius 2 is 1.72 bits per heavy atom. The number of carbonyl (C=O) groups excluding carboxylic acids is 1. The molecule has 0 radical (unpaired) electrons. The first-order valence-corrected chi connectivity index (χ1v) is 5.89. The second-order valence-electron chi connectivity index (χ2n) is 4.56. The molecular weight excluding hydrogens is 226 g/mol. The second-order valence-corrected chi connectivity index (χ2v) is 4.56. The topological polar surface area (TPSA) is 49.3 Å². The fourth-order valence-corrected chi connectivity index (χ4v) is 2.25. The van der Waals surface area contributed by atoms with Crippen LogP contribution in [0.4, 0.5) is 5.69 Å². The zero-order valence-electron chi connectivity index (χ0n) is 9.97. The Morgan fingerprint density at radius 1 is 1.06 bits per heavy atom. The maximum absolute atomic E-state index is 11.6. The van der Waals surface area contributed by atoms with E-state index in [2.05, 4.69) is 5.32 Å². The van der Waals surface area contributed by atoms with Crippen molar-refractivity contribution in [3.05, 3.63) is 48.0 Å². The van der Waals surface area contributed by atoms with Crippen molar-refractivity contribution in [1.29, 1.82) is 0 Å². The summed E-state index contributed by atoms with van der Waals surface area (Å²) in [6, 6.07) is 13.0. The van der Waals surface area contributed by atoms with E-state index in [9.17, 15) is 9.90 Å². The molecule has 2 aromatic rings. The van der Waals surface area contributed by atoms with Crippen LogP contribution in [0, 0.1) is 0 Å². The number of rotatable bonds is 1. The van der Waals surface area contributed by atoms with Crippen molar-refractivity contribution in [2.45, 2.75) is 12.8 Å². The Balaban J connectivity index is 2.06. The van der Waals surface area contributed by atoms with Crippen LogP contribution in [-0.2, 0) is 4.79 Å². The van der Waals surface area contributed by atoms with Crippen LogP contribution in [0.3, 0.4) is 0 Å². The highest BCUT2D eigenvalue weighted by Gasteiger charge is 2.26. The lowest BCUT2D eigenvalue weighted by Gasteiger charge is -2.06. The second kappa shape index (κ2) is 3.88. The zero-order valence-corrected chi connectivity index (χ0v) is 9.97. The molecule has 1 aliphatic heterocycles. The van der Waals surface area contributed by atoms with E-state index in [0.717, 1.165) is 22.4 Å². The third kappa shape index (κ3) is 1.64. The predicted molar refractivity (Wildman–Crippen MR) is 70.6 cm³/mol. The molecule has 3 heteroatoms. The Labute approximate surface area is 105 Å². The van der Waals surface area contributed by atoms with E-state index in [1.807, 2.05) is 37.3 Å². The number of phenols is 1. The van der Waals surface area contributed by atoms with Gasteiger partial charge >= 0.3 is 0 Å². The molecule has 3 nitrogen and oxygen atoms in total. The summed E-state index contributed by atoms with van der Waals surface area (Å²) in [5.74, 6) is 0.204. The van der Waals surface area contributed by atoms with E-state index >= 15 is 0 Å². The SMILES string of the molecule is CC1C(=O)Nc2ccc(-c3ccc(O)cc3)cc21. The first kappa shape index (κ1) is 10.8. The molecule has 0 spiro atoms. The molecule has 2 N–H and O–H groups in total. The third-order valence-corrected chi connectivity index (χ3v) is 3.37. The van der Waals surface area contributed by atoms with E-state index < -0.39 is 0 Å². The lowest BCUT2D eigenvalue weighted by atomic mass is 9.97. The number of phenolic OH excluding ortho intramolecular Hbond substituents is 1. The van der Waals surface area contributed by atoms with Crippen molar-refractivity contribution in [3.8, 4) is 16.9 Å². The van der Waals surface area contributed by atoms with Gasteiger partial charge in [0.25, 0.3) is 0 Å². The van der Waals surface area contributed by atoms with E-state index in [1.165, 1.54) is 0 Å². The van der Waals surface area contributed by atoms with Gasteiger partial charge in [0.2, 0.25) is 5.91 Å². The van der Waals surface area contributed by atoms with Crippen molar-refractivity contribution >= 4 is 11.6 Å². The minimum absolute atomic E-state index is 0.0489. The summed E-state index contributed by atoms with van der Waals surface area (Å²) in [7, 11) is 0. The quantitative estimate of drug-likeness (QED) is 0.803. The largest absolute Gasteiger partial charge is 0.508 e. The Morgan fingerprint density at radius 3 is 2.44 bits per heavy atom. The lowest BCUT2D eigenvalue weighted by molar-refractivity contribution is -0.116. The van der Waals surface area contributed by atoms with Gasteiger partial charge in [0, 0.05) is 5.69 Å². The maximum atomic E-state index is 11.6. The summed E-state index contributed by atoms with van der Waals surface area (Å²) >= 11 is 0.